The molecule has 0 radical (unpaired) electrons. The molecule has 0 unspecified atom stereocenters. The Bertz CT molecular complexity index is 535. The number of halogens is 2. The van der Waals surface area contributed by atoms with E-state index in [1.807, 2.05) is 11.8 Å². The highest BCUT2D eigenvalue weighted by atomic mass is 19.2. The lowest BCUT2D eigenvalue weighted by molar-refractivity contribution is -0.135. The monoisotopic (exact) mass is 280 g/mol. The van der Waals surface area contributed by atoms with Gasteiger partial charge in [-0.25, -0.2) is 8.78 Å². The number of piperazine rings is 1. The van der Waals surface area contributed by atoms with Crippen molar-refractivity contribution in [3.63, 3.8) is 0 Å². The summed E-state index contributed by atoms with van der Waals surface area (Å²) < 4.78 is 26.2. The third-order valence-electron chi connectivity index (χ3n) is 4.26. The molecule has 1 aromatic carbocycles. The number of rotatable bonds is 2. The third-order valence-corrected chi connectivity index (χ3v) is 4.26. The van der Waals surface area contributed by atoms with Gasteiger partial charge in [0.15, 0.2) is 11.6 Å². The number of hydrogen-bond donors (Lipinski definition) is 1. The molecule has 1 amide bonds. The Balaban J connectivity index is 1.68. The largest absolute Gasteiger partial charge is 0.337 e. The maximum atomic E-state index is 13.2. The van der Waals surface area contributed by atoms with Crippen LogP contribution >= 0.6 is 0 Å². The van der Waals surface area contributed by atoms with Gasteiger partial charge >= 0.3 is 0 Å². The first-order chi connectivity index (χ1) is 9.58. The van der Waals surface area contributed by atoms with Crippen molar-refractivity contribution in [1.29, 1.82) is 0 Å². The number of nitrogens with one attached hydrogen (secondary N) is 1. The summed E-state index contributed by atoms with van der Waals surface area (Å²) in [6, 6.07) is 4.13. The highest BCUT2D eigenvalue weighted by Crippen LogP contribution is 2.48. The molecule has 0 spiro atoms. The van der Waals surface area contributed by atoms with Crippen molar-refractivity contribution in [2.45, 2.75) is 25.3 Å². The summed E-state index contributed by atoms with van der Waals surface area (Å²) in [6.45, 7) is 4.38. The summed E-state index contributed by atoms with van der Waals surface area (Å²) >= 11 is 0. The Morgan fingerprint density at radius 2 is 2.15 bits per heavy atom. The molecule has 108 valence electrons. The second kappa shape index (κ2) is 5.13. The molecule has 1 saturated carbocycles. The zero-order valence-corrected chi connectivity index (χ0v) is 11.4. The molecule has 2 aliphatic rings. The summed E-state index contributed by atoms with van der Waals surface area (Å²) in [5, 5.41) is 3.25. The van der Waals surface area contributed by atoms with E-state index in [9.17, 15) is 13.6 Å². The van der Waals surface area contributed by atoms with Crippen molar-refractivity contribution in [2.24, 2.45) is 5.92 Å². The molecule has 1 aromatic rings. The van der Waals surface area contributed by atoms with Crippen LogP contribution in [0.2, 0.25) is 0 Å². The molecule has 20 heavy (non-hydrogen) atoms. The lowest BCUT2D eigenvalue weighted by Gasteiger charge is -2.34. The van der Waals surface area contributed by atoms with Crippen LogP contribution in [-0.4, -0.2) is 36.5 Å². The number of carbonyl (C=O) groups excluding carboxylic acids is 1. The van der Waals surface area contributed by atoms with Crippen LogP contribution in [0.4, 0.5) is 8.78 Å². The minimum Gasteiger partial charge on any atom is -0.337 e. The van der Waals surface area contributed by atoms with Crippen molar-refractivity contribution in [2.75, 3.05) is 19.6 Å². The zero-order valence-electron chi connectivity index (χ0n) is 11.4. The van der Waals surface area contributed by atoms with E-state index < -0.39 is 11.6 Å². The molecule has 3 nitrogen and oxygen atoms in total. The first-order valence-corrected chi connectivity index (χ1v) is 7.04. The molecule has 0 bridgehead atoms. The predicted molar refractivity (Wildman–Crippen MR) is 71.3 cm³/mol. The third kappa shape index (κ3) is 2.42. The molecule has 0 aromatic heterocycles. The average Bonchev–Trinajstić information content (AvgIpc) is 3.22. The Labute approximate surface area is 117 Å². The minimum atomic E-state index is -0.840. The average molecular weight is 280 g/mol. The summed E-state index contributed by atoms with van der Waals surface area (Å²) in [6.07, 6.45) is 0.737. The summed E-state index contributed by atoms with van der Waals surface area (Å²) in [7, 11) is 0. The van der Waals surface area contributed by atoms with Crippen LogP contribution in [0, 0.1) is 17.6 Å². The van der Waals surface area contributed by atoms with E-state index in [1.54, 1.807) is 6.07 Å². The fourth-order valence-electron chi connectivity index (χ4n) is 2.96. The molecule has 1 aliphatic carbocycles. The first kappa shape index (κ1) is 13.5. The van der Waals surface area contributed by atoms with Gasteiger partial charge in [-0.05, 0) is 37.0 Å². The highest BCUT2D eigenvalue weighted by molar-refractivity contribution is 5.83. The SMILES string of the molecule is C[C@@H]1CNCCN1C(=O)[C@H]1C[C@@H]1c1ccc(F)c(F)c1. The molecule has 5 heteroatoms. The van der Waals surface area contributed by atoms with E-state index in [1.165, 1.54) is 6.07 Å². The highest BCUT2D eigenvalue weighted by Gasteiger charge is 2.46. The number of hydrogen-bond acceptors (Lipinski definition) is 2. The zero-order chi connectivity index (χ0) is 14.3. The second-order valence-corrected chi connectivity index (χ2v) is 5.71. The second-order valence-electron chi connectivity index (χ2n) is 5.71. The Kier molecular flexibility index (Phi) is 3.46. The van der Waals surface area contributed by atoms with Crippen molar-refractivity contribution in [3.05, 3.63) is 35.4 Å². The number of carbonyl (C=O) groups is 1. The van der Waals surface area contributed by atoms with Gasteiger partial charge < -0.3 is 10.2 Å². The molecule has 1 aliphatic heterocycles. The topological polar surface area (TPSA) is 32.3 Å². The maximum Gasteiger partial charge on any atom is 0.226 e. The van der Waals surface area contributed by atoms with Crippen LogP contribution in [0.5, 0.6) is 0 Å². The first-order valence-electron chi connectivity index (χ1n) is 7.04. The van der Waals surface area contributed by atoms with E-state index in [4.69, 9.17) is 0 Å². The lowest BCUT2D eigenvalue weighted by atomic mass is 10.1. The molecule has 1 heterocycles. The predicted octanol–water partition coefficient (Wildman–Crippen LogP) is 1.89. The van der Waals surface area contributed by atoms with Gasteiger partial charge in [0.05, 0.1) is 0 Å². The normalized spacial score (nSPS) is 29.4. The molecule has 3 rings (SSSR count). The Hall–Kier alpha value is -1.49. The molecule has 3 atom stereocenters. The summed E-state index contributed by atoms with van der Waals surface area (Å²) in [5.41, 5.74) is 0.727. The van der Waals surface area contributed by atoms with E-state index in [-0.39, 0.29) is 23.8 Å². The van der Waals surface area contributed by atoms with Crippen molar-refractivity contribution >= 4 is 5.91 Å². The van der Waals surface area contributed by atoms with E-state index in [2.05, 4.69) is 5.32 Å². The van der Waals surface area contributed by atoms with Gasteiger partial charge in [-0.15, -0.1) is 0 Å². The fourth-order valence-corrected chi connectivity index (χ4v) is 2.96. The number of amides is 1. The van der Waals surface area contributed by atoms with Crippen LogP contribution in [0.3, 0.4) is 0 Å². The number of benzene rings is 1. The van der Waals surface area contributed by atoms with Crippen molar-refractivity contribution in [3.8, 4) is 0 Å². The smallest absolute Gasteiger partial charge is 0.226 e. The Morgan fingerprint density at radius 1 is 1.35 bits per heavy atom. The van der Waals surface area contributed by atoms with Gasteiger partial charge in [0, 0.05) is 31.6 Å². The molecular formula is C15H18F2N2O. The fraction of sp³-hybridized carbons (Fsp3) is 0.533. The van der Waals surface area contributed by atoms with Gasteiger partial charge in [0.1, 0.15) is 0 Å². The number of nitrogens with zero attached hydrogens (tertiary/aromatic N) is 1. The van der Waals surface area contributed by atoms with Crippen LogP contribution < -0.4 is 5.32 Å². The van der Waals surface area contributed by atoms with Gasteiger partial charge in [-0.3, -0.25) is 4.79 Å². The molecule has 2 fully saturated rings. The Morgan fingerprint density at radius 3 is 2.85 bits per heavy atom. The maximum absolute atomic E-state index is 13.2. The summed E-state index contributed by atoms with van der Waals surface area (Å²) in [4.78, 5) is 14.3. The van der Waals surface area contributed by atoms with E-state index in [0.717, 1.165) is 37.7 Å². The van der Waals surface area contributed by atoms with E-state index in [0.29, 0.717) is 0 Å². The molecule has 1 N–H and O–H groups in total. The quantitative estimate of drug-likeness (QED) is 0.897. The van der Waals surface area contributed by atoms with Crippen molar-refractivity contribution in [1.82, 2.24) is 10.2 Å². The van der Waals surface area contributed by atoms with Gasteiger partial charge in [-0.1, -0.05) is 6.07 Å². The van der Waals surface area contributed by atoms with Crippen LogP contribution in [0.1, 0.15) is 24.8 Å². The molecule has 1 saturated heterocycles. The van der Waals surface area contributed by atoms with Gasteiger partial charge in [-0.2, -0.15) is 0 Å². The van der Waals surface area contributed by atoms with Crippen LogP contribution in [0.25, 0.3) is 0 Å². The van der Waals surface area contributed by atoms with Gasteiger partial charge in [0.25, 0.3) is 0 Å². The van der Waals surface area contributed by atoms with E-state index >= 15 is 0 Å². The standard InChI is InChI=1S/C15H18F2N2O/c1-9-8-18-4-5-19(9)15(20)12-7-11(12)10-2-3-13(16)14(17)6-10/h2-3,6,9,11-12,18H,4-5,7-8H2,1H3/t9-,11-,12+/m1/s1. The molecular weight excluding hydrogens is 262 g/mol. The van der Waals surface area contributed by atoms with Crippen LogP contribution in [-0.2, 0) is 4.79 Å². The van der Waals surface area contributed by atoms with Crippen molar-refractivity contribution < 1.29 is 13.6 Å². The lowest BCUT2D eigenvalue weighted by Crippen LogP contribution is -2.52. The minimum absolute atomic E-state index is 0.0414. The van der Waals surface area contributed by atoms with Crippen LogP contribution in [0.15, 0.2) is 18.2 Å². The van der Waals surface area contributed by atoms with Gasteiger partial charge in [0.2, 0.25) is 5.91 Å². The summed E-state index contributed by atoms with van der Waals surface area (Å²) in [5.74, 6) is -1.56.